The van der Waals surface area contributed by atoms with Crippen molar-refractivity contribution >= 4 is 11.9 Å². The Morgan fingerprint density at radius 2 is 2.17 bits per heavy atom. The van der Waals surface area contributed by atoms with E-state index in [0.717, 1.165) is 12.8 Å². The maximum Gasteiger partial charge on any atom is 0.337 e. The maximum absolute atomic E-state index is 12.9. The molecule has 1 rings (SSSR count). The summed E-state index contributed by atoms with van der Waals surface area (Å²) in [5.74, 6) is -0.868. The van der Waals surface area contributed by atoms with Crippen molar-refractivity contribution in [2.75, 3.05) is 13.7 Å². The Hall–Kier alpha value is -1.40. The summed E-state index contributed by atoms with van der Waals surface area (Å²) in [6, 6.07) is 0. The van der Waals surface area contributed by atoms with Gasteiger partial charge in [-0.3, -0.25) is 9.69 Å². The predicted molar refractivity (Wildman–Crippen MR) is 91.2 cm³/mol. The molecule has 0 radical (unpaired) electrons. The highest BCUT2D eigenvalue weighted by molar-refractivity contribution is 5.90. The van der Waals surface area contributed by atoms with Gasteiger partial charge in [0.2, 0.25) is 5.91 Å². The molecule has 1 N–H and O–H groups in total. The first-order valence-electron chi connectivity index (χ1n) is 8.67. The molecular formula is C18H31NO5. The maximum atomic E-state index is 12.9. The lowest BCUT2D eigenvalue weighted by atomic mass is 9.78. The van der Waals surface area contributed by atoms with Gasteiger partial charge in [-0.2, -0.15) is 0 Å². The number of hydrogen-bond donors (Lipinski definition) is 1. The molecule has 0 bridgehead atoms. The van der Waals surface area contributed by atoms with Gasteiger partial charge in [0.1, 0.15) is 6.23 Å². The summed E-state index contributed by atoms with van der Waals surface area (Å²) in [5.41, 5.74) is -2.97. The van der Waals surface area contributed by atoms with Gasteiger partial charge < -0.3 is 14.6 Å². The highest BCUT2D eigenvalue weighted by Crippen LogP contribution is 2.41. The molecule has 0 aromatic rings. The fourth-order valence-electron chi connectivity index (χ4n) is 3.17. The predicted octanol–water partition coefficient (Wildman–Crippen LogP) is 2.40. The van der Waals surface area contributed by atoms with Crippen molar-refractivity contribution in [2.45, 2.75) is 76.7 Å². The molecule has 138 valence electrons. The Morgan fingerprint density at radius 1 is 1.50 bits per heavy atom. The van der Waals surface area contributed by atoms with Crippen LogP contribution in [0.3, 0.4) is 0 Å². The molecule has 1 heterocycles. The van der Waals surface area contributed by atoms with Crippen molar-refractivity contribution in [3.8, 4) is 0 Å². The molecule has 6 nitrogen and oxygen atoms in total. The molecule has 1 aliphatic heterocycles. The summed E-state index contributed by atoms with van der Waals surface area (Å²) < 4.78 is 10.8. The van der Waals surface area contributed by atoms with Crippen LogP contribution in [0, 0.1) is 0 Å². The van der Waals surface area contributed by atoms with Crippen molar-refractivity contribution in [1.82, 2.24) is 4.90 Å². The molecule has 3 atom stereocenters. The molecule has 0 spiro atoms. The lowest BCUT2D eigenvalue weighted by Crippen LogP contribution is -2.69. The summed E-state index contributed by atoms with van der Waals surface area (Å²) in [6.45, 7) is 8.96. The first-order chi connectivity index (χ1) is 11.3. The number of carbonyl (C=O) groups is 2. The normalized spacial score (nSPS) is 26.0. The smallest absolute Gasteiger partial charge is 0.337 e. The molecule has 1 fully saturated rings. The van der Waals surface area contributed by atoms with E-state index in [9.17, 15) is 14.7 Å². The van der Waals surface area contributed by atoms with Crippen LogP contribution in [-0.4, -0.2) is 53.0 Å². The minimum Gasteiger partial charge on any atom is -0.467 e. The Bertz CT molecular complexity index is 462. The van der Waals surface area contributed by atoms with E-state index in [4.69, 9.17) is 9.47 Å². The molecule has 0 aromatic carbocycles. The minimum absolute atomic E-state index is 0.0608. The molecule has 24 heavy (non-hydrogen) atoms. The zero-order valence-electron chi connectivity index (χ0n) is 15.3. The van der Waals surface area contributed by atoms with Crippen LogP contribution in [0.15, 0.2) is 12.7 Å². The van der Waals surface area contributed by atoms with Gasteiger partial charge >= 0.3 is 5.97 Å². The van der Waals surface area contributed by atoms with E-state index in [1.165, 1.54) is 12.0 Å². The van der Waals surface area contributed by atoms with Crippen molar-refractivity contribution in [1.29, 1.82) is 0 Å². The molecule has 0 unspecified atom stereocenters. The van der Waals surface area contributed by atoms with E-state index < -0.39 is 23.3 Å². The van der Waals surface area contributed by atoms with Crippen LogP contribution >= 0.6 is 0 Å². The molecule has 1 aliphatic rings. The second-order valence-corrected chi connectivity index (χ2v) is 6.48. The minimum atomic E-state index is -1.52. The van der Waals surface area contributed by atoms with Crippen LogP contribution < -0.4 is 0 Å². The van der Waals surface area contributed by atoms with E-state index in [-0.39, 0.29) is 25.4 Å². The zero-order chi connectivity index (χ0) is 18.4. The number of nitrogens with zero attached hydrogens (tertiary/aromatic N) is 1. The zero-order valence-corrected chi connectivity index (χ0v) is 15.3. The van der Waals surface area contributed by atoms with Gasteiger partial charge in [-0.25, -0.2) is 4.79 Å². The van der Waals surface area contributed by atoms with Gasteiger partial charge in [-0.05, 0) is 32.6 Å². The third-order valence-corrected chi connectivity index (χ3v) is 4.92. The number of ether oxygens (including phenoxy) is 2. The molecule has 6 heteroatoms. The van der Waals surface area contributed by atoms with Gasteiger partial charge in [-0.1, -0.05) is 26.3 Å². The Kier molecular flexibility index (Phi) is 7.42. The highest BCUT2D eigenvalue weighted by atomic mass is 16.6. The first kappa shape index (κ1) is 20.6. The van der Waals surface area contributed by atoms with E-state index >= 15 is 0 Å². The average molecular weight is 341 g/mol. The average Bonchev–Trinajstić information content (AvgIpc) is 2.98. The fourth-order valence-corrected chi connectivity index (χ4v) is 3.17. The second kappa shape index (κ2) is 8.62. The van der Waals surface area contributed by atoms with Crippen LogP contribution in [0.1, 0.15) is 59.3 Å². The number of aliphatic hydroxyl groups is 1. The summed E-state index contributed by atoms with van der Waals surface area (Å²) in [5, 5.41) is 11.0. The summed E-state index contributed by atoms with van der Waals surface area (Å²) in [6.07, 6.45) is 4.57. The van der Waals surface area contributed by atoms with E-state index in [1.807, 2.05) is 0 Å². The SMILES string of the molecule is C=CCCC(=O)N1[C@H](CCCC)OC[C@@]1(C(=O)OC)[C@@](C)(O)CC. The third kappa shape index (κ3) is 3.64. The molecule has 1 saturated heterocycles. The van der Waals surface area contributed by atoms with Gasteiger partial charge in [0, 0.05) is 6.42 Å². The number of carbonyl (C=O) groups excluding carboxylic acids is 2. The molecular weight excluding hydrogens is 310 g/mol. The molecule has 0 saturated carbocycles. The molecule has 0 aromatic heterocycles. The number of amides is 1. The van der Waals surface area contributed by atoms with Crippen LogP contribution in [0.4, 0.5) is 0 Å². The summed E-state index contributed by atoms with van der Waals surface area (Å²) >= 11 is 0. The van der Waals surface area contributed by atoms with Crippen molar-refractivity contribution in [3.05, 3.63) is 12.7 Å². The Labute approximate surface area is 144 Å². The second-order valence-electron chi connectivity index (χ2n) is 6.48. The summed E-state index contributed by atoms with van der Waals surface area (Å²) in [7, 11) is 1.27. The highest BCUT2D eigenvalue weighted by Gasteiger charge is 2.64. The summed E-state index contributed by atoms with van der Waals surface area (Å²) in [4.78, 5) is 27.0. The van der Waals surface area contributed by atoms with Crippen LogP contribution in [-0.2, 0) is 19.1 Å². The van der Waals surface area contributed by atoms with E-state index in [0.29, 0.717) is 12.8 Å². The van der Waals surface area contributed by atoms with E-state index in [2.05, 4.69) is 13.5 Å². The quantitative estimate of drug-likeness (QED) is 0.515. The number of esters is 1. The topological polar surface area (TPSA) is 76.1 Å². The van der Waals surface area contributed by atoms with Gasteiger partial charge in [-0.15, -0.1) is 6.58 Å². The van der Waals surface area contributed by atoms with Crippen molar-refractivity contribution < 1.29 is 24.2 Å². The third-order valence-electron chi connectivity index (χ3n) is 4.92. The van der Waals surface area contributed by atoms with Crippen LogP contribution in [0.25, 0.3) is 0 Å². The monoisotopic (exact) mass is 341 g/mol. The lowest BCUT2D eigenvalue weighted by molar-refractivity contribution is -0.179. The van der Waals surface area contributed by atoms with Gasteiger partial charge in [0.25, 0.3) is 0 Å². The number of methoxy groups -OCH3 is 1. The fraction of sp³-hybridized carbons (Fsp3) is 0.778. The van der Waals surface area contributed by atoms with Gasteiger partial charge in [0.15, 0.2) is 5.54 Å². The number of allylic oxidation sites excluding steroid dienone is 1. The van der Waals surface area contributed by atoms with Crippen LogP contribution in [0.2, 0.25) is 0 Å². The Morgan fingerprint density at radius 3 is 2.67 bits per heavy atom. The van der Waals surface area contributed by atoms with Gasteiger partial charge in [0.05, 0.1) is 19.3 Å². The first-order valence-corrected chi connectivity index (χ1v) is 8.67. The molecule has 1 amide bonds. The molecule has 0 aliphatic carbocycles. The standard InChI is InChI=1S/C18H31NO5/c1-6-9-11-14(20)19-15(12-10-7-2)24-13-18(19,16(21)23-5)17(4,22)8-3/h6,15,22H,1,7-13H2,2-5H3/t15-,17-,18+/m0/s1. The van der Waals surface area contributed by atoms with Crippen molar-refractivity contribution in [3.63, 3.8) is 0 Å². The largest absolute Gasteiger partial charge is 0.467 e. The number of rotatable bonds is 9. The number of unbranched alkanes of at least 4 members (excludes halogenated alkanes) is 1. The van der Waals surface area contributed by atoms with Crippen molar-refractivity contribution in [2.24, 2.45) is 0 Å². The number of hydrogen-bond acceptors (Lipinski definition) is 5. The lowest BCUT2D eigenvalue weighted by Gasteiger charge is -2.45. The Balaban J connectivity index is 3.33. The van der Waals surface area contributed by atoms with Crippen LogP contribution in [0.5, 0.6) is 0 Å². The van der Waals surface area contributed by atoms with E-state index in [1.54, 1.807) is 19.9 Å².